The average Bonchev–Trinajstić information content (AvgIpc) is 2.62. The molecule has 0 saturated carbocycles. The third-order valence-corrected chi connectivity index (χ3v) is 3.32. The molecule has 3 amide bonds. The summed E-state index contributed by atoms with van der Waals surface area (Å²) in [5.41, 5.74) is 5.57. The highest BCUT2D eigenvalue weighted by Gasteiger charge is 2.31. The molecule has 112 valence electrons. The van der Waals surface area contributed by atoms with E-state index in [9.17, 15) is 14.4 Å². The molecule has 1 atom stereocenters. The van der Waals surface area contributed by atoms with Crippen molar-refractivity contribution in [3.63, 3.8) is 0 Å². The normalized spacial score (nSPS) is 16.4. The predicted molar refractivity (Wildman–Crippen MR) is 77.3 cm³/mol. The second-order valence-electron chi connectivity index (χ2n) is 4.43. The highest BCUT2D eigenvalue weighted by Crippen LogP contribution is 2.21. The fraction of sp³-hybridized carbons (Fsp3) is 0.583. The minimum atomic E-state index is -0.385. The largest absolute Gasteiger partial charge is 0.356 e. The lowest BCUT2D eigenvalue weighted by atomic mass is 10.3. The first kappa shape index (κ1) is 16.7. The number of amides is 3. The van der Waals surface area contributed by atoms with Gasteiger partial charge in [0.2, 0.25) is 5.91 Å². The van der Waals surface area contributed by atoms with E-state index in [4.69, 9.17) is 5.73 Å². The van der Waals surface area contributed by atoms with Gasteiger partial charge in [0.05, 0.1) is 4.91 Å². The highest BCUT2D eigenvalue weighted by atomic mass is 32.2. The van der Waals surface area contributed by atoms with Gasteiger partial charge in [0.25, 0.3) is 11.8 Å². The molecular formula is C12H20N4O3S. The Kier molecular flexibility index (Phi) is 6.69. The standard InChI is InChI=1S/C12H20N4O3S/c1-3-14-10(17)4-5-16-11(18)6-9(12(16)19)20-15-7-8(2)13/h6,8,15H,3-5,7,13H2,1-2H3,(H,14,17). The summed E-state index contributed by atoms with van der Waals surface area (Å²) in [5, 5.41) is 2.62. The molecule has 0 aromatic heterocycles. The lowest BCUT2D eigenvalue weighted by molar-refractivity contribution is -0.137. The minimum Gasteiger partial charge on any atom is -0.356 e. The van der Waals surface area contributed by atoms with Crippen molar-refractivity contribution in [2.45, 2.75) is 26.3 Å². The maximum absolute atomic E-state index is 12.0. The van der Waals surface area contributed by atoms with Gasteiger partial charge in [-0.2, -0.15) is 0 Å². The van der Waals surface area contributed by atoms with Crippen molar-refractivity contribution in [1.29, 1.82) is 0 Å². The summed E-state index contributed by atoms with van der Waals surface area (Å²) in [5.74, 6) is -0.935. The molecule has 4 N–H and O–H groups in total. The van der Waals surface area contributed by atoms with Crippen LogP contribution in [0.5, 0.6) is 0 Å². The molecule has 0 spiro atoms. The van der Waals surface area contributed by atoms with Gasteiger partial charge in [0, 0.05) is 38.2 Å². The molecule has 8 heteroatoms. The molecule has 0 radical (unpaired) electrons. The van der Waals surface area contributed by atoms with Crippen LogP contribution in [-0.4, -0.2) is 48.3 Å². The molecule has 0 aromatic carbocycles. The summed E-state index contributed by atoms with van der Waals surface area (Å²) in [6.07, 6.45) is 1.39. The minimum absolute atomic E-state index is 0.0378. The van der Waals surface area contributed by atoms with E-state index in [-0.39, 0.29) is 36.7 Å². The van der Waals surface area contributed by atoms with Gasteiger partial charge in [0.15, 0.2) is 0 Å². The third kappa shape index (κ3) is 4.95. The second-order valence-corrected chi connectivity index (χ2v) is 5.37. The third-order valence-electron chi connectivity index (χ3n) is 2.50. The van der Waals surface area contributed by atoms with Crippen LogP contribution in [0.1, 0.15) is 20.3 Å². The first-order valence-electron chi connectivity index (χ1n) is 6.45. The molecule has 0 saturated heterocycles. The summed E-state index contributed by atoms with van der Waals surface area (Å²) >= 11 is 1.09. The number of nitrogens with one attached hydrogen (secondary N) is 2. The van der Waals surface area contributed by atoms with Crippen LogP contribution in [0.4, 0.5) is 0 Å². The first-order valence-corrected chi connectivity index (χ1v) is 7.26. The summed E-state index contributed by atoms with van der Waals surface area (Å²) in [7, 11) is 0. The van der Waals surface area contributed by atoms with E-state index in [0.717, 1.165) is 16.8 Å². The van der Waals surface area contributed by atoms with Gasteiger partial charge in [-0.15, -0.1) is 0 Å². The number of nitrogens with zero attached hydrogens (tertiary/aromatic N) is 1. The Morgan fingerprint density at radius 2 is 2.20 bits per heavy atom. The van der Waals surface area contributed by atoms with Gasteiger partial charge >= 0.3 is 0 Å². The number of carbonyl (C=O) groups is 3. The van der Waals surface area contributed by atoms with Crippen LogP contribution in [-0.2, 0) is 14.4 Å². The number of hydrogen-bond donors (Lipinski definition) is 3. The van der Waals surface area contributed by atoms with Crippen molar-refractivity contribution >= 4 is 29.7 Å². The predicted octanol–water partition coefficient (Wildman–Crippen LogP) is -0.650. The van der Waals surface area contributed by atoms with Crippen molar-refractivity contribution in [3.8, 4) is 0 Å². The van der Waals surface area contributed by atoms with E-state index in [1.54, 1.807) is 0 Å². The Morgan fingerprint density at radius 1 is 1.50 bits per heavy atom. The zero-order valence-corrected chi connectivity index (χ0v) is 12.5. The van der Waals surface area contributed by atoms with Crippen LogP contribution < -0.4 is 15.8 Å². The Balaban J connectivity index is 2.44. The zero-order valence-electron chi connectivity index (χ0n) is 11.6. The second kappa shape index (κ2) is 8.03. The molecule has 0 aromatic rings. The lowest BCUT2D eigenvalue weighted by Gasteiger charge is -2.14. The van der Waals surface area contributed by atoms with Gasteiger partial charge in [-0.25, -0.2) is 0 Å². The number of hydrogen-bond acceptors (Lipinski definition) is 6. The Labute approximate surface area is 122 Å². The van der Waals surface area contributed by atoms with Crippen molar-refractivity contribution < 1.29 is 14.4 Å². The summed E-state index contributed by atoms with van der Waals surface area (Å²) in [6, 6.07) is -0.0378. The van der Waals surface area contributed by atoms with Gasteiger partial charge in [-0.05, 0) is 25.8 Å². The maximum atomic E-state index is 12.0. The topological polar surface area (TPSA) is 105 Å². The molecule has 1 unspecified atom stereocenters. The van der Waals surface area contributed by atoms with Crippen LogP contribution in [0.2, 0.25) is 0 Å². The molecule has 1 heterocycles. The molecule has 7 nitrogen and oxygen atoms in total. The van der Waals surface area contributed by atoms with Gasteiger partial charge in [-0.3, -0.25) is 24.0 Å². The van der Waals surface area contributed by atoms with E-state index in [2.05, 4.69) is 10.0 Å². The maximum Gasteiger partial charge on any atom is 0.268 e. The monoisotopic (exact) mass is 300 g/mol. The van der Waals surface area contributed by atoms with Crippen LogP contribution in [0.25, 0.3) is 0 Å². The molecule has 20 heavy (non-hydrogen) atoms. The number of nitrogens with two attached hydrogens (primary N) is 1. The van der Waals surface area contributed by atoms with Gasteiger partial charge < -0.3 is 11.1 Å². The molecule has 0 fully saturated rings. The van der Waals surface area contributed by atoms with Crippen LogP contribution in [0.15, 0.2) is 11.0 Å². The van der Waals surface area contributed by atoms with Crippen LogP contribution >= 0.6 is 11.9 Å². The molecule has 0 bridgehead atoms. The van der Waals surface area contributed by atoms with E-state index < -0.39 is 0 Å². The van der Waals surface area contributed by atoms with Crippen molar-refractivity contribution in [2.24, 2.45) is 5.73 Å². The number of rotatable bonds is 8. The fourth-order valence-corrected chi connectivity index (χ4v) is 2.38. The van der Waals surface area contributed by atoms with Crippen molar-refractivity contribution in [2.75, 3.05) is 19.6 Å². The number of imide groups is 1. The fourth-order valence-electron chi connectivity index (χ4n) is 1.52. The summed E-state index contributed by atoms with van der Waals surface area (Å²) in [6.45, 7) is 4.80. The smallest absolute Gasteiger partial charge is 0.268 e. The van der Waals surface area contributed by atoms with Gasteiger partial charge in [-0.1, -0.05) is 0 Å². The van der Waals surface area contributed by atoms with E-state index in [1.807, 2.05) is 13.8 Å². The number of carbonyl (C=O) groups excluding carboxylic acids is 3. The summed E-state index contributed by atoms with van der Waals surface area (Å²) < 4.78 is 2.93. The SMILES string of the molecule is CCNC(=O)CCN1C(=O)C=C(SNCC(C)N)C1=O. The molecule has 1 aliphatic rings. The van der Waals surface area contributed by atoms with E-state index in [1.165, 1.54) is 6.08 Å². The van der Waals surface area contributed by atoms with Crippen molar-refractivity contribution in [1.82, 2.24) is 14.9 Å². The van der Waals surface area contributed by atoms with Crippen LogP contribution in [0.3, 0.4) is 0 Å². The first-order chi connectivity index (χ1) is 9.45. The Bertz CT molecular complexity index is 423. The zero-order chi connectivity index (χ0) is 15.1. The average molecular weight is 300 g/mol. The Hall–Kier alpha value is -1.38. The lowest BCUT2D eigenvalue weighted by Crippen LogP contribution is -2.35. The highest BCUT2D eigenvalue weighted by molar-refractivity contribution is 8.02. The molecule has 1 aliphatic heterocycles. The summed E-state index contributed by atoms with van der Waals surface area (Å²) in [4.78, 5) is 36.4. The molecular weight excluding hydrogens is 280 g/mol. The van der Waals surface area contributed by atoms with E-state index in [0.29, 0.717) is 18.0 Å². The Morgan fingerprint density at radius 3 is 2.80 bits per heavy atom. The van der Waals surface area contributed by atoms with Gasteiger partial charge in [0.1, 0.15) is 0 Å². The quantitative estimate of drug-likeness (QED) is 0.406. The van der Waals surface area contributed by atoms with E-state index >= 15 is 0 Å². The molecule has 0 aliphatic carbocycles. The van der Waals surface area contributed by atoms with Crippen LogP contribution in [0, 0.1) is 0 Å². The molecule has 1 rings (SSSR count). The van der Waals surface area contributed by atoms with Crippen molar-refractivity contribution in [3.05, 3.63) is 11.0 Å².